The molecular weight excluding hydrogens is 382 g/mol. The van der Waals surface area contributed by atoms with Gasteiger partial charge >= 0.3 is 0 Å². The van der Waals surface area contributed by atoms with Crippen LogP contribution in [-0.4, -0.2) is 48.9 Å². The van der Waals surface area contributed by atoms with Crippen molar-refractivity contribution in [3.8, 4) is 0 Å². The summed E-state index contributed by atoms with van der Waals surface area (Å²) in [6.07, 6.45) is 27.6. The second-order valence-electron chi connectivity index (χ2n) is 9.46. The summed E-state index contributed by atoms with van der Waals surface area (Å²) in [5.74, 6) is 0.0638. The zero-order valence-electron chi connectivity index (χ0n) is 21.0. The van der Waals surface area contributed by atoms with E-state index in [1.165, 1.54) is 89.9 Å². The average Bonchev–Trinajstić information content (AvgIpc) is 3.16. The highest BCUT2D eigenvalue weighted by Gasteiger charge is 2.37. The van der Waals surface area contributed by atoms with Gasteiger partial charge in [-0.2, -0.15) is 0 Å². The summed E-state index contributed by atoms with van der Waals surface area (Å²) in [4.78, 5) is 15.9. The molecule has 0 aromatic carbocycles. The zero-order chi connectivity index (χ0) is 22.6. The first kappa shape index (κ1) is 27.9. The molecule has 0 aromatic rings. The van der Waals surface area contributed by atoms with E-state index in [2.05, 4.69) is 37.5 Å². The maximum atomic E-state index is 11.2. The molecule has 1 rings (SSSR count). The Morgan fingerprint density at radius 3 is 2.10 bits per heavy atom. The second kappa shape index (κ2) is 18.4. The lowest BCUT2D eigenvalue weighted by Crippen LogP contribution is -2.55. The number of likely N-dealkylation sites (N-methyl/N-ethyl adjacent to an activating group) is 1. The largest absolute Gasteiger partial charge is 0.351 e. The fourth-order valence-corrected chi connectivity index (χ4v) is 4.72. The van der Waals surface area contributed by atoms with Crippen LogP contribution < -0.4 is 5.32 Å². The Labute approximate surface area is 193 Å². The van der Waals surface area contributed by atoms with E-state index in [-0.39, 0.29) is 5.91 Å². The fourth-order valence-electron chi connectivity index (χ4n) is 4.72. The van der Waals surface area contributed by atoms with Crippen molar-refractivity contribution in [2.24, 2.45) is 4.99 Å². The number of nitrogens with zero attached hydrogens (tertiary/aromatic N) is 2. The lowest BCUT2D eigenvalue weighted by Gasteiger charge is -2.38. The van der Waals surface area contributed by atoms with Crippen molar-refractivity contribution in [2.75, 3.05) is 26.2 Å². The van der Waals surface area contributed by atoms with Crippen LogP contribution in [0, 0.1) is 0 Å². The molecule has 0 bridgehead atoms. The Hall–Kier alpha value is -1.16. The van der Waals surface area contributed by atoms with Gasteiger partial charge in [0.25, 0.3) is 0 Å². The van der Waals surface area contributed by atoms with E-state index < -0.39 is 0 Å². The molecule has 0 fully saturated rings. The van der Waals surface area contributed by atoms with Gasteiger partial charge in [0.1, 0.15) is 6.54 Å². The van der Waals surface area contributed by atoms with Crippen LogP contribution in [0.1, 0.15) is 117 Å². The van der Waals surface area contributed by atoms with Crippen molar-refractivity contribution in [1.82, 2.24) is 5.32 Å². The van der Waals surface area contributed by atoms with Gasteiger partial charge in [-0.25, -0.2) is 4.99 Å². The van der Waals surface area contributed by atoms with Crippen LogP contribution in [0.5, 0.6) is 0 Å². The molecule has 0 spiro atoms. The highest BCUT2D eigenvalue weighted by Crippen LogP contribution is 2.23. The van der Waals surface area contributed by atoms with Crippen LogP contribution in [0.3, 0.4) is 0 Å². The highest BCUT2D eigenvalue weighted by atomic mass is 16.1. The molecule has 1 N–H and O–H groups in total. The number of quaternary nitrogens is 1. The van der Waals surface area contributed by atoms with Crippen LogP contribution in [0.2, 0.25) is 0 Å². The van der Waals surface area contributed by atoms with E-state index in [0.29, 0.717) is 6.17 Å². The maximum absolute atomic E-state index is 11.2. The summed E-state index contributed by atoms with van der Waals surface area (Å²) in [6, 6.07) is 0. The van der Waals surface area contributed by atoms with Gasteiger partial charge < -0.3 is 5.32 Å². The van der Waals surface area contributed by atoms with Gasteiger partial charge in [0, 0.05) is 13.3 Å². The van der Waals surface area contributed by atoms with E-state index in [1.54, 1.807) is 6.92 Å². The fraction of sp³-hybridized carbons (Fsp3) is 0.852. The molecule has 1 amide bonds. The molecule has 0 saturated heterocycles. The predicted molar refractivity (Wildman–Crippen MR) is 136 cm³/mol. The van der Waals surface area contributed by atoms with Crippen LogP contribution in [0.15, 0.2) is 17.1 Å². The molecule has 2 atom stereocenters. The molecule has 1 aliphatic rings. The first-order valence-electron chi connectivity index (χ1n) is 13.4. The summed E-state index contributed by atoms with van der Waals surface area (Å²) in [6.45, 7) is 9.96. The van der Waals surface area contributed by atoms with E-state index in [0.717, 1.165) is 37.1 Å². The minimum absolute atomic E-state index is 0.0638. The van der Waals surface area contributed by atoms with E-state index in [1.807, 2.05) is 0 Å². The molecular formula is C27H52N3O+. The standard InChI is InChI=1S/C27H51N3O/c1-4-6-7-8-9-10-11-12-13-14-15-16-17-18-19-20-21-27-29-23-25-30(27,5-2)24-22-28-26(3)31/h17-18,23,27H,4-16,19-22,24-25H2,1-3H3/p+1/b18-17+. The SMILES string of the molecule is CCCCCCCCCCCCC/C=C/CCCC1N=CC[N+]1(CC)CCNC(C)=O. The van der Waals surface area contributed by atoms with Crippen LogP contribution in [0.25, 0.3) is 0 Å². The van der Waals surface area contributed by atoms with Crippen molar-refractivity contribution >= 4 is 12.1 Å². The van der Waals surface area contributed by atoms with Gasteiger partial charge in [0.15, 0.2) is 6.17 Å². The zero-order valence-corrected chi connectivity index (χ0v) is 21.0. The van der Waals surface area contributed by atoms with Gasteiger partial charge in [-0.1, -0.05) is 83.3 Å². The third-order valence-electron chi connectivity index (χ3n) is 6.89. The molecule has 31 heavy (non-hydrogen) atoms. The third kappa shape index (κ3) is 13.1. The minimum atomic E-state index is 0.0638. The van der Waals surface area contributed by atoms with Gasteiger partial charge in [-0.05, 0) is 32.6 Å². The molecule has 0 aliphatic carbocycles. The molecule has 0 radical (unpaired) electrons. The van der Waals surface area contributed by atoms with Gasteiger partial charge in [-0.3, -0.25) is 9.28 Å². The Bertz CT molecular complexity index is 503. The number of amides is 1. The third-order valence-corrected chi connectivity index (χ3v) is 6.89. The van der Waals surface area contributed by atoms with Crippen molar-refractivity contribution in [1.29, 1.82) is 0 Å². The monoisotopic (exact) mass is 434 g/mol. The number of nitrogens with one attached hydrogen (secondary N) is 1. The van der Waals surface area contributed by atoms with E-state index in [9.17, 15) is 4.79 Å². The first-order valence-corrected chi connectivity index (χ1v) is 13.4. The molecule has 1 heterocycles. The molecule has 4 heteroatoms. The number of unbranched alkanes of at least 4 members (excludes halogenated alkanes) is 12. The Balaban J connectivity index is 2.00. The normalized spacial score (nSPS) is 20.7. The molecule has 180 valence electrons. The molecule has 0 saturated carbocycles. The summed E-state index contributed by atoms with van der Waals surface area (Å²) in [5, 5.41) is 2.95. The Morgan fingerprint density at radius 1 is 0.935 bits per heavy atom. The highest BCUT2D eigenvalue weighted by molar-refractivity contribution is 5.72. The number of hydrogen-bond donors (Lipinski definition) is 1. The van der Waals surface area contributed by atoms with Crippen LogP contribution in [0.4, 0.5) is 0 Å². The summed E-state index contributed by atoms with van der Waals surface area (Å²) < 4.78 is 1.00. The lowest BCUT2D eigenvalue weighted by atomic mass is 10.1. The maximum Gasteiger partial charge on any atom is 0.217 e. The average molecular weight is 435 g/mol. The number of allylic oxidation sites excluding steroid dienone is 2. The quantitative estimate of drug-likeness (QED) is 0.128. The van der Waals surface area contributed by atoms with E-state index >= 15 is 0 Å². The smallest absolute Gasteiger partial charge is 0.217 e. The van der Waals surface area contributed by atoms with Crippen molar-refractivity contribution in [2.45, 2.75) is 123 Å². The Kier molecular flexibility index (Phi) is 16.6. The number of aliphatic imine (C=N–C) groups is 1. The van der Waals surface area contributed by atoms with Gasteiger partial charge in [0.05, 0.1) is 25.8 Å². The molecule has 2 unspecified atom stereocenters. The second-order valence-corrected chi connectivity index (χ2v) is 9.46. The van der Waals surface area contributed by atoms with Gasteiger partial charge in [0.2, 0.25) is 5.91 Å². The summed E-state index contributed by atoms with van der Waals surface area (Å²) >= 11 is 0. The number of carbonyl (C=O) groups excluding carboxylic acids is 1. The predicted octanol–water partition coefficient (Wildman–Crippen LogP) is 6.80. The van der Waals surface area contributed by atoms with Crippen molar-refractivity contribution in [3.63, 3.8) is 0 Å². The van der Waals surface area contributed by atoms with Crippen molar-refractivity contribution < 1.29 is 9.28 Å². The van der Waals surface area contributed by atoms with Crippen molar-refractivity contribution in [3.05, 3.63) is 12.2 Å². The molecule has 4 nitrogen and oxygen atoms in total. The summed E-state index contributed by atoms with van der Waals surface area (Å²) in [7, 11) is 0. The number of rotatable bonds is 20. The summed E-state index contributed by atoms with van der Waals surface area (Å²) in [5.41, 5.74) is 0. The first-order chi connectivity index (χ1) is 15.1. The number of carbonyl (C=O) groups is 1. The van der Waals surface area contributed by atoms with Crippen LogP contribution in [-0.2, 0) is 4.79 Å². The minimum Gasteiger partial charge on any atom is -0.351 e. The topological polar surface area (TPSA) is 41.5 Å². The van der Waals surface area contributed by atoms with E-state index in [4.69, 9.17) is 4.99 Å². The number of hydrogen-bond acceptors (Lipinski definition) is 2. The van der Waals surface area contributed by atoms with Gasteiger partial charge in [-0.15, -0.1) is 0 Å². The van der Waals surface area contributed by atoms with Crippen LogP contribution >= 0.6 is 0 Å². The molecule has 0 aromatic heterocycles. The molecule has 1 aliphatic heterocycles. The lowest BCUT2D eigenvalue weighted by molar-refractivity contribution is -0.935. The Morgan fingerprint density at radius 2 is 1.52 bits per heavy atom.